The van der Waals surface area contributed by atoms with Gasteiger partial charge in [-0.3, -0.25) is 14.9 Å². The number of halogens is 2. The summed E-state index contributed by atoms with van der Waals surface area (Å²) in [6.07, 6.45) is 5.11. The van der Waals surface area contributed by atoms with E-state index in [1.54, 1.807) is 13.0 Å². The molecule has 2 aliphatic carbocycles. The average molecular weight is 396 g/mol. The number of amides is 2. The lowest BCUT2D eigenvalue weighted by molar-refractivity contribution is -0.124. The van der Waals surface area contributed by atoms with Crippen molar-refractivity contribution in [1.82, 2.24) is 5.32 Å². The number of carbonyl (C=O) groups excluding carboxylic acids is 2. The lowest BCUT2D eigenvalue weighted by Crippen LogP contribution is -2.32. The molecule has 7 heteroatoms. The van der Waals surface area contributed by atoms with Gasteiger partial charge in [-0.1, -0.05) is 48.9 Å². The quantitative estimate of drug-likeness (QED) is 0.668. The van der Waals surface area contributed by atoms with Crippen molar-refractivity contribution in [2.75, 3.05) is 0 Å². The SMILES string of the molecule is CC1(O)c2c(cc(C3=C(O)C(=O)NC3=O)c(Cl)c2Cl)CC1C1CCCC1. The Morgan fingerprint density at radius 3 is 2.38 bits per heavy atom. The minimum atomic E-state index is -1.10. The summed E-state index contributed by atoms with van der Waals surface area (Å²) in [4.78, 5) is 23.6. The van der Waals surface area contributed by atoms with Gasteiger partial charge in [0.15, 0.2) is 5.76 Å². The number of carbonyl (C=O) groups is 2. The van der Waals surface area contributed by atoms with Crippen LogP contribution in [-0.2, 0) is 21.6 Å². The van der Waals surface area contributed by atoms with Crippen LogP contribution in [0.5, 0.6) is 0 Å². The molecule has 2 unspecified atom stereocenters. The first-order valence-electron chi connectivity index (χ1n) is 8.76. The standard InChI is InChI=1S/C19H19Cl2NO4/c1-19(26)11(8-4-2-3-5-8)7-9-6-10(14(20)15(21)13(9)19)12-16(23)18(25)22-17(12)24/h6,8,11,26H,2-5,7H2,1H3,(H2,22,23,24,25). The molecule has 2 amide bonds. The van der Waals surface area contributed by atoms with E-state index in [4.69, 9.17) is 23.2 Å². The van der Waals surface area contributed by atoms with E-state index in [-0.39, 0.29) is 27.1 Å². The molecular weight excluding hydrogens is 377 g/mol. The highest BCUT2D eigenvalue weighted by Crippen LogP contribution is 2.53. The molecule has 3 aliphatic rings. The fourth-order valence-corrected chi connectivity index (χ4v) is 5.53. The smallest absolute Gasteiger partial charge is 0.293 e. The Balaban J connectivity index is 1.85. The van der Waals surface area contributed by atoms with Crippen LogP contribution in [-0.4, -0.2) is 22.0 Å². The van der Waals surface area contributed by atoms with Crippen LogP contribution in [0, 0.1) is 11.8 Å². The Bertz CT molecular complexity index is 869. The zero-order valence-electron chi connectivity index (χ0n) is 14.2. The minimum absolute atomic E-state index is 0.0328. The van der Waals surface area contributed by atoms with Crippen molar-refractivity contribution in [2.24, 2.45) is 11.8 Å². The second-order valence-corrected chi connectivity index (χ2v) is 8.35. The van der Waals surface area contributed by atoms with Gasteiger partial charge in [0.1, 0.15) is 0 Å². The molecule has 138 valence electrons. The molecule has 1 fully saturated rings. The zero-order valence-corrected chi connectivity index (χ0v) is 15.7. The van der Waals surface area contributed by atoms with Crippen molar-refractivity contribution in [2.45, 2.75) is 44.6 Å². The molecule has 1 aromatic rings. The number of rotatable bonds is 2. The fraction of sp³-hybridized carbons (Fsp3) is 0.474. The number of nitrogens with one attached hydrogen (secondary N) is 1. The molecule has 0 spiro atoms. The van der Waals surface area contributed by atoms with Gasteiger partial charge in [-0.05, 0) is 36.8 Å². The van der Waals surface area contributed by atoms with Gasteiger partial charge in [0.2, 0.25) is 0 Å². The summed E-state index contributed by atoms with van der Waals surface area (Å²) in [7, 11) is 0. The Hall–Kier alpha value is -1.56. The number of aliphatic hydroxyl groups excluding tert-OH is 1. The number of fused-ring (bicyclic) bond motifs is 1. The largest absolute Gasteiger partial charge is 0.502 e. The van der Waals surface area contributed by atoms with E-state index in [9.17, 15) is 19.8 Å². The van der Waals surface area contributed by atoms with Gasteiger partial charge in [-0.2, -0.15) is 0 Å². The first-order valence-corrected chi connectivity index (χ1v) is 9.52. The summed E-state index contributed by atoms with van der Waals surface area (Å²) in [5.41, 5.74) is 0.347. The molecule has 2 atom stereocenters. The molecule has 1 heterocycles. The topological polar surface area (TPSA) is 86.6 Å². The summed E-state index contributed by atoms with van der Waals surface area (Å²) < 4.78 is 0. The van der Waals surface area contributed by atoms with Gasteiger partial charge in [-0.25, -0.2) is 0 Å². The van der Waals surface area contributed by atoms with Gasteiger partial charge in [0.25, 0.3) is 11.8 Å². The number of imide groups is 1. The average Bonchev–Trinajstić information content (AvgIpc) is 3.23. The van der Waals surface area contributed by atoms with Gasteiger partial charge in [0.05, 0.1) is 21.2 Å². The highest BCUT2D eigenvalue weighted by atomic mass is 35.5. The third kappa shape index (κ3) is 2.41. The van der Waals surface area contributed by atoms with Crippen molar-refractivity contribution in [3.05, 3.63) is 38.6 Å². The van der Waals surface area contributed by atoms with Crippen molar-refractivity contribution >= 4 is 40.6 Å². The van der Waals surface area contributed by atoms with Crippen LogP contribution in [0.2, 0.25) is 10.0 Å². The third-order valence-electron chi connectivity index (χ3n) is 6.10. The van der Waals surface area contributed by atoms with Crippen LogP contribution in [0.4, 0.5) is 0 Å². The maximum absolute atomic E-state index is 12.1. The molecule has 0 saturated heterocycles. The van der Waals surface area contributed by atoms with E-state index in [0.717, 1.165) is 31.2 Å². The number of hydrogen-bond acceptors (Lipinski definition) is 4. The van der Waals surface area contributed by atoms with E-state index >= 15 is 0 Å². The summed E-state index contributed by atoms with van der Waals surface area (Å²) in [5, 5.41) is 23.5. The summed E-state index contributed by atoms with van der Waals surface area (Å²) in [6.45, 7) is 1.77. The van der Waals surface area contributed by atoms with Crippen LogP contribution in [0.1, 0.15) is 49.3 Å². The maximum atomic E-state index is 12.1. The second-order valence-electron chi connectivity index (χ2n) is 7.60. The maximum Gasteiger partial charge on any atom is 0.293 e. The van der Waals surface area contributed by atoms with E-state index in [1.165, 1.54) is 0 Å². The predicted molar refractivity (Wildman–Crippen MR) is 97.9 cm³/mol. The molecule has 1 saturated carbocycles. The van der Waals surface area contributed by atoms with Gasteiger partial charge in [-0.15, -0.1) is 0 Å². The van der Waals surface area contributed by atoms with Crippen molar-refractivity contribution in [3.63, 3.8) is 0 Å². The summed E-state index contributed by atoms with van der Waals surface area (Å²) >= 11 is 12.9. The van der Waals surface area contributed by atoms with Gasteiger partial charge < -0.3 is 10.2 Å². The molecule has 0 bridgehead atoms. The molecule has 4 rings (SSSR count). The monoisotopic (exact) mass is 395 g/mol. The summed E-state index contributed by atoms with van der Waals surface area (Å²) in [6, 6.07) is 1.68. The Morgan fingerprint density at radius 2 is 1.81 bits per heavy atom. The second kappa shape index (κ2) is 5.98. The molecule has 5 nitrogen and oxygen atoms in total. The molecule has 1 aliphatic heterocycles. The first kappa shape index (κ1) is 17.8. The van der Waals surface area contributed by atoms with E-state index < -0.39 is 23.2 Å². The molecule has 0 radical (unpaired) electrons. The van der Waals surface area contributed by atoms with Crippen LogP contribution < -0.4 is 5.32 Å². The Labute approximate surface area is 161 Å². The Kier molecular flexibility index (Phi) is 4.10. The van der Waals surface area contributed by atoms with Gasteiger partial charge >= 0.3 is 0 Å². The van der Waals surface area contributed by atoms with Crippen LogP contribution in [0.3, 0.4) is 0 Å². The summed E-state index contributed by atoms with van der Waals surface area (Å²) in [5.74, 6) is -1.77. The van der Waals surface area contributed by atoms with Gasteiger partial charge in [0, 0.05) is 11.1 Å². The minimum Gasteiger partial charge on any atom is -0.502 e. The molecule has 0 aromatic heterocycles. The van der Waals surface area contributed by atoms with E-state index in [0.29, 0.717) is 17.9 Å². The third-order valence-corrected chi connectivity index (χ3v) is 6.97. The fourth-order valence-electron chi connectivity index (χ4n) is 4.87. The van der Waals surface area contributed by atoms with E-state index in [1.807, 2.05) is 5.32 Å². The molecule has 26 heavy (non-hydrogen) atoms. The van der Waals surface area contributed by atoms with Crippen molar-refractivity contribution in [1.29, 1.82) is 0 Å². The number of aliphatic hydroxyl groups is 2. The Morgan fingerprint density at radius 1 is 1.15 bits per heavy atom. The highest BCUT2D eigenvalue weighted by molar-refractivity contribution is 6.46. The lowest BCUT2D eigenvalue weighted by Gasteiger charge is -2.32. The molecule has 1 aromatic carbocycles. The van der Waals surface area contributed by atoms with Crippen LogP contribution in [0.25, 0.3) is 5.57 Å². The van der Waals surface area contributed by atoms with Crippen LogP contribution >= 0.6 is 23.2 Å². The normalized spacial score (nSPS) is 28.8. The number of benzene rings is 1. The number of hydrogen-bond donors (Lipinski definition) is 3. The van der Waals surface area contributed by atoms with Crippen molar-refractivity contribution < 1.29 is 19.8 Å². The lowest BCUT2D eigenvalue weighted by atomic mass is 9.79. The zero-order chi connectivity index (χ0) is 18.8. The first-order chi connectivity index (χ1) is 12.2. The molecular formula is C19H19Cl2NO4. The highest BCUT2D eigenvalue weighted by Gasteiger charge is 2.48. The van der Waals surface area contributed by atoms with Crippen molar-refractivity contribution in [3.8, 4) is 0 Å². The molecule has 3 N–H and O–H groups in total. The van der Waals surface area contributed by atoms with Crippen LogP contribution in [0.15, 0.2) is 11.8 Å². The van der Waals surface area contributed by atoms with E-state index in [2.05, 4.69) is 0 Å². The predicted octanol–water partition coefficient (Wildman–Crippen LogP) is 3.49.